The molecule has 1 aromatic heterocycles. The predicted octanol–water partition coefficient (Wildman–Crippen LogP) is 5.81. The molecule has 0 radical (unpaired) electrons. The fourth-order valence-electron chi connectivity index (χ4n) is 4.30. The normalized spacial score (nSPS) is 17.7. The molecular weight excluding hydrogens is 459 g/mol. The van der Waals surface area contributed by atoms with E-state index in [1.54, 1.807) is 13.3 Å². The number of halogens is 2. The highest BCUT2D eigenvalue weighted by molar-refractivity contribution is 6.40. The molecule has 2 aromatic carbocycles. The average Bonchev–Trinajstić information content (AvgIpc) is 3.25. The summed E-state index contributed by atoms with van der Waals surface area (Å²) in [6.07, 6.45) is 6.72. The van der Waals surface area contributed by atoms with Crippen molar-refractivity contribution in [1.82, 2.24) is 15.3 Å². The Morgan fingerprint density at radius 1 is 1.24 bits per heavy atom. The Hall–Kier alpha value is -2.83. The van der Waals surface area contributed by atoms with Gasteiger partial charge >= 0.3 is 0 Å². The van der Waals surface area contributed by atoms with Gasteiger partial charge in [0.1, 0.15) is 5.75 Å². The Kier molecular flexibility index (Phi) is 7.05. The number of aromatic nitrogens is 2. The lowest BCUT2D eigenvalue weighted by Gasteiger charge is -2.21. The van der Waals surface area contributed by atoms with Gasteiger partial charge in [0.05, 0.1) is 22.7 Å². The van der Waals surface area contributed by atoms with Crippen LogP contribution < -0.4 is 15.4 Å². The molecule has 1 amide bonds. The van der Waals surface area contributed by atoms with E-state index in [4.69, 9.17) is 27.9 Å². The number of hydrogen-bond donors (Lipinski definition) is 2. The molecule has 1 fully saturated rings. The third-order valence-corrected chi connectivity index (χ3v) is 6.86. The third kappa shape index (κ3) is 4.77. The minimum absolute atomic E-state index is 0.0299. The van der Waals surface area contributed by atoms with Gasteiger partial charge in [-0.15, -0.1) is 0 Å². The average molecular weight is 485 g/mol. The van der Waals surface area contributed by atoms with Crippen LogP contribution in [0.4, 0.5) is 5.95 Å². The van der Waals surface area contributed by atoms with Crippen LogP contribution in [0.15, 0.2) is 43.1 Å². The van der Waals surface area contributed by atoms with Crippen LogP contribution in [0.25, 0.3) is 22.0 Å². The highest BCUT2D eigenvalue weighted by Gasteiger charge is 2.28. The molecule has 0 aliphatic heterocycles. The van der Waals surface area contributed by atoms with E-state index in [1.807, 2.05) is 31.2 Å². The molecule has 1 saturated carbocycles. The lowest BCUT2D eigenvalue weighted by molar-refractivity contribution is -0.117. The SMILES string of the molecule is C=CC(=O)NC1CCCC1Nc1ncc2cc(-c3c(Cl)c(CC)cc(OC)c3Cl)ccc2n1. The molecule has 4 rings (SSSR count). The largest absolute Gasteiger partial charge is 0.495 e. The number of amides is 1. The van der Waals surface area contributed by atoms with Crippen molar-refractivity contribution in [2.75, 3.05) is 12.4 Å². The molecule has 8 heteroatoms. The number of ether oxygens (including phenoxy) is 1. The number of fused-ring (bicyclic) bond motifs is 1. The van der Waals surface area contributed by atoms with Crippen LogP contribution in [-0.2, 0) is 11.2 Å². The molecular formula is C25H26Cl2N4O2. The standard InChI is InChI=1S/C25H26Cl2N4O2/c1-4-14-12-20(33-3)24(27)22(23(14)26)15-9-10-17-16(11-15)13-28-25(30-17)31-19-8-6-7-18(19)29-21(32)5-2/h5,9-13,18-19H,2,4,6-8H2,1,3H3,(H,29,32)(H,28,30,31). The molecule has 0 spiro atoms. The maximum Gasteiger partial charge on any atom is 0.243 e. The minimum atomic E-state index is -0.165. The Bertz CT molecular complexity index is 1190. The van der Waals surface area contributed by atoms with Crippen molar-refractivity contribution in [3.63, 3.8) is 0 Å². The van der Waals surface area contributed by atoms with E-state index in [0.717, 1.165) is 53.3 Å². The second-order valence-corrected chi connectivity index (χ2v) is 8.82. The van der Waals surface area contributed by atoms with Crippen LogP contribution in [0.3, 0.4) is 0 Å². The fraction of sp³-hybridized carbons (Fsp3) is 0.320. The summed E-state index contributed by atoms with van der Waals surface area (Å²) in [6, 6.07) is 7.85. The van der Waals surface area contributed by atoms with Gasteiger partial charge in [-0.2, -0.15) is 0 Å². The van der Waals surface area contributed by atoms with Crippen LogP contribution in [0, 0.1) is 0 Å². The number of anilines is 1. The molecule has 2 N–H and O–H groups in total. The molecule has 1 aliphatic carbocycles. The number of rotatable bonds is 7. The van der Waals surface area contributed by atoms with Crippen molar-refractivity contribution >= 4 is 46.0 Å². The summed E-state index contributed by atoms with van der Waals surface area (Å²) < 4.78 is 5.46. The molecule has 172 valence electrons. The number of benzene rings is 2. The number of nitrogens with one attached hydrogen (secondary N) is 2. The van der Waals surface area contributed by atoms with Crippen LogP contribution >= 0.6 is 23.2 Å². The zero-order valence-corrected chi connectivity index (χ0v) is 20.1. The van der Waals surface area contributed by atoms with Crippen LogP contribution in [-0.4, -0.2) is 35.1 Å². The Balaban J connectivity index is 1.63. The first-order valence-corrected chi connectivity index (χ1v) is 11.7. The quantitative estimate of drug-likeness (QED) is 0.413. The van der Waals surface area contributed by atoms with Crippen molar-refractivity contribution < 1.29 is 9.53 Å². The lowest BCUT2D eigenvalue weighted by atomic mass is 9.99. The van der Waals surface area contributed by atoms with Gasteiger partial charge in [0.2, 0.25) is 11.9 Å². The number of aryl methyl sites for hydroxylation is 1. The first kappa shape index (κ1) is 23.3. The second-order valence-electron chi connectivity index (χ2n) is 8.06. The Morgan fingerprint density at radius 2 is 2.03 bits per heavy atom. The van der Waals surface area contributed by atoms with Gasteiger partial charge in [-0.1, -0.05) is 42.8 Å². The van der Waals surface area contributed by atoms with Gasteiger partial charge in [0.15, 0.2) is 0 Å². The molecule has 2 unspecified atom stereocenters. The maximum absolute atomic E-state index is 11.7. The van der Waals surface area contributed by atoms with Crippen molar-refractivity contribution in [3.8, 4) is 16.9 Å². The minimum Gasteiger partial charge on any atom is -0.495 e. The van der Waals surface area contributed by atoms with Gasteiger partial charge < -0.3 is 15.4 Å². The van der Waals surface area contributed by atoms with Crippen molar-refractivity contribution in [1.29, 1.82) is 0 Å². The van der Waals surface area contributed by atoms with Crippen LogP contribution in [0.5, 0.6) is 5.75 Å². The van der Waals surface area contributed by atoms with Gasteiger partial charge in [-0.25, -0.2) is 9.97 Å². The van der Waals surface area contributed by atoms with E-state index in [-0.39, 0.29) is 18.0 Å². The third-order valence-electron chi connectivity index (χ3n) is 6.06. The van der Waals surface area contributed by atoms with E-state index < -0.39 is 0 Å². The monoisotopic (exact) mass is 484 g/mol. The Labute approximate surface area is 203 Å². The summed E-state index contributed by atoms with van der Waals surface area (Å²) in [5.74, 6) is 0.964. The van der Waals surface area contributed by atoms with Crippen LogP contribution in [0.2, 0.25) is 10.0 Å². The molecule has 0 bridgehead atoms. The van der Waals surface area contributed by atoms with Gasteiger partial charge in [0, 0.05) is 29.2 Å². The summed E-state index contributed by atoms with van der Waals surface area (Å²) in [4.78, 5) is 20.9. The number of carbonyl (C=O) groups excluding carboxylic acids is 1. The maximum atomic E-state index is 11.7. The molecule has 33 heavy (non-hydrogen) atoms. The summed E-state index contributed by atoms with van der Waals surface area (Å²) >= 11 is 13.3. The molecule has 1 aliphatic rings. The smallest absolute Gasteiger partial charge is 0.243 e. The van der Waals surface area contributed by atoms with E-state index in [0.29, 0.717) is 21.7 Å². The number of hydrogen-bond acceptors (Lipinski definition) is 5. The summed E-state index contributed by atoms with van der Waals surface area (Å²) in [6.45, 7) is 5.56. The van der Waals surface area contributed by atoms with Crippen molar-refractivity contribution in [2.24, 2.45) is 0 Å². The molecule has 3 aromatic rings. The van der Waals surface area contributed by atoms with Crippen LogP contribution in [0.1, 0.15) is 31.7 Å². The van der Waals surface area contributed by atoms with Crippen molar-refractivity contribution in [2.45, 2.75) is 44.7 Å². The highest BCUT2D eigenvalue weighted by Crippen LogP contribution is 2.43. The lowest BCUT2D eigenvalue weighted by Crippen LogP contribution is -2.42. The topological polar surface area (TPSA) is 76.1 Å². The zero-order chi connectivity index (χ0) is 23.5. The summed E-state index contributed by atoms with van der Waals surface area (Å²) in [5, 5.41) is 8.33. The van der Waals surface area contributed by atoms with E-state index in [2.05, 4.69) is 27.2 Å². The zero-order valence-electron chi connectivity index (χ0n) is 18.6. The van der Waals surface area contributed by atoms with E-state index in [9.17, 15) is 4.79 Å². The Morgan fingerprint density at radius 3 is 2.76 bits per heavy atom. The number of nitrogens with zero attached hydrogens (tertiary/aromatic N) is 2. The predicted molar refractivity (Wildman–Crippen MR) is 134 cm³/mol. The molecule has 0 saturated heterocycles. The highest BCUT2D eigenvalue weighted by atomic mass is 35.5. The number of methoxy groups -OCH3 is 1. The molecule has 2 atom stereocenters. The van der Waals surface area contributed by atoms with Gasteiger partial charge in [0.25, 0.3) is 0 Å². The second kappa shape index (κ2) is 9.98. The van der Waals surface area contributed by atoms with Gasteiger partial charge in [-0.05, 0) is 61.1 Å². The van der Waals surface area contributed by atoms with Gasteiger partial charge in [-0.3, -0.25) is 4.79 Å². The summed E-state index contributed by atoms with van der Waals surface area (Å²) in [5.41, 5.74) is 3.38. The van der Waals surface area contributed by atoms with E-state index >= 15 is 0 Å². The first-order valence-electron chi connectivity index (χ1n) is 11.0. The molecule has 1 heterocycles. The fourth-order valence-corrected chi connectivity index (χ4v) is 5.07. The summed E-state index contributed by atoms with van der Waals surface area (Å²) in [7, 11) is 1.60. The first-order chi connectivity index (χ1) is 15.9. The molecule has 6 nitrogen and oxygen atoms in total. The number of carbonyl (C=O) groups is 1. The van der Waals surface area contributed by atoms with E-state index in [1.165, 1.54) is 6.08 Å². The van der Waals surface area contributed by atoms with Crippen molar-refractivity contribution in [3.05, 3.63) is 58.7 Å².